The number of ether oxygens (including phenoxy) is 3. The smallest absolute Gasteiger partial charge is 0.245 e. The summed E-state index contributed by atoms with van der Waals surface area (Å²) in [6, 6.07) is 24.9. The molecule has 0 fully saturated rings. The van der Waals surface area contributed by atoms with Crippen LogP contribution in [-0.4, -0.2) is 73.4 Å². The molecule has 0 aliphatic rings. The van der Waals surface area contributed by atoms with Crippen molar-refractivity contribution in [1.82, 2.24) is 34.2 Å². The van der Waals surface area contributed by atoms with Gasteiger partial charge in [-0.25, -0.2) is 16.8 Å². The molecule has 0 amide bonds. The summed E-state index contributed by atoms with van der Waals surface area (Å²) in [5.41, 5.74) is 21.1. The molecule has 0 spiro atoms. The number of hydrogen-bond donors (Lipinski definition) is 4. The van der Waals surface area contributed by atoms with Crippen molar-refractivity contribution in [2.75, 3.05) is 27.1 Å². The molecule has 19 heteroatoms. The van der Waals surface area contributed by atoms with Crippen molar-refractivity contribution in [1.29, 1.82) is 0 Å². The molecular weight excluding hydrogens is 785 g/mol. The van der Waals surface area contributed by atoms with E-state index in [9.17, 15) is 8.42 Å². The summed E-state index contributed by atoms with van der Waals surface area (Å²) < 4.78 is 79.7. The van der Waals surface area contributed by atoms with Crippen LogP contribution >= 0.6 is 0 Å². The molecule has 4 aromatic carbocycles. The molecule has 2 heterocycles. The Labute approximate surface area is 336 Å². The quantitative estimate of drug-likeness (QED) is 0.0958. The molecular formula is C39H44N10O7S2. The fraction of sp³-hybridized carbons (Fsp3) is 0.231. The van der Waals surface area contributed by atoms with Crippen molar-refractivity contribution in [2.24, 2.45) is 11.5 Å². The van der Waals surface area contributed by atoms with Gasteiger partial charge in [-0.2, -0.15) is 13.8 Å². The van der Waals surface area contributed by atoms with Gasteiger partial charge in [0, 0.05) is 36.7 Å². The lowest BCUT2D eigenvalue weighted by Crippen LogP contribution is -2.62. The van der Waals surface area contributed by atoms with Gasteiger partial charge in [0.05, 0.1) is 33.4 Å². The first kappa shape index (κ1) is 41.7. The van der Waals surface area contributed by atoms with Crippen LogP contribution in [0.25, 0.3) is 22.5 Å². The number of nitrogens with one attached hydrogen (secondary N) is 1. The van der Waals surface area contributed by atoms with Crippen molar-refractivity contribution < 1.29 is 31.0 Å². The third-order valence-electron chi connectivity index (χ3n) is 9.26. The minimum absolute atomic E-state index is 0.0339. The van der Waals surface area contributed by atoms with Crippen molar-refractivity contribution in [3.05, 3.63) is 120 Å². The number of sulfonamides is 2. The zero-order valence-corrected chi connectivity index (χ0v) is 33.9. The van der Waals surface area contributed by atoms with Gasteiger partial charge in [-0.3, -0.25) is 4.98 Å². The molecule has 0 aliphatic carbocycles. The number of aromatic nitrogens is 5. The van der Waals surface area contributed by atoms with E-state index in [-0.39, 0.29) is 54.3 Å². The second kappa shape index (κ2) is 17.3. The van der Waals surface area contributed by atoms with Gasteiger partial charge >= 0.3 is 0 Å². The van der Waals surface area contributed by atoms with Gasteiger partial charge in [-0.1, -0.05) is 49.4 Å². The van der Waals surface area contributed by atoms with E-state index in [1.807, 2.05) is 12.1 Å². The minimum atomic E-state index is -4.91. The molecule has 0 radical (unpaired) electrons. The van der Waals surface area contributed by atoms with E-state index in [4.69, 9.17) is 31.4 Å². The zero-order chi connectivity index (χ0) is 41.7. The lowest BCUT2D eigenvalue weighted by molar-refractivity contribution is 0.390. The number of nitrogens with zero attached hydrogens (tertiary/aromatic N) is 6. The zero-order valence-electron chi connectivity index (χ0n) is 32.2. The number of tetrazole rings is 1. The molecule has 17 nitrogen and oxygen atoms in total. The maximum Gasteiger partial charge on any atom is 0.245 e. The minimum Gasteiger partial charge on any atom is -0.497 e. The molecule has 304 valence electrons. The van der Waals surface area contributed by atoms with Crippen LogP contribution in [0.4, 0.5) is 5.69 Å². The van der Waals surface area contributed by atoms with Crippen molar-refractivity contribution in [2.45, 2.75) is 48.6 Å². The van der Waals surface area contributed by atoms with E-state index >= 15 is 8.42 Å². The molecule has 7 N–H and O–H groups in total. The summed E-state index contributed by atoms with van der Waals surface area (Å²) in [4.78, 5) is 4.16. The Morgan fingerprint density at radius 2 is 1.28 bits per heavy atom. The maximum atomic E-state index is 15.7. The monoisotopic (exact) mass is 828 g/mol. The van der Waals surface area contributed by atoms with Crippen molar-refractivity contribution >= 4 is 25.7 Å². The fourth-order valence-corrected chi connectivity index (χ4v) is 9.68. The Kier molecular flexibility index (Phi) is 12.4. The summed E-state index contributed by atoms with van der Waals surface area (Å²) in [5.74, 6) is -0.393. The van der Waals surface area contributed by atoms with Crippen molar-refractivity contribution in [3.63, 3.8) is 0 Å². The van der Waals surface area contributed by atoms with E-state index in [2.05, 4.69) is 25.1 Å². The molecule has 0 atom stereocenters. The highest BCUT2D eigenvalue weighted by Gasteiger charge is 2.39. The number of benzene rings is 4. The van der Waals surface area contributed by atoms with Crippen LogP contribution < -0.4 is 36.1 Å². The molecule has 0 saturated heterocycles. The van der Waals surface area contributed by atoms with E-state index in [1.54, 1.807) is 74.7 Å². The van der Waals surface area contributed by atoms with Gasteiger partial charge in [0.2, 0.25) is 25.9 Å². The SMILES string of the molecule is CCC(N)(N)NS(=O)(=O)c1ccc(-c2cnccc2N)c(-c2nnn(Cc3ccc(OC)cc3)n2)c1S(=O)(=O)N(Cc1ccc(OC)cc1)Cc1ccc(OC)cc1. The third kappa shape index (κ3) is 9.25. The average molecular weight is 829 g/mol. The maximum absolute atomic E-state index is 15.7. The van der Waals surface area contributed by atoms with Crippen LogP contribution in [0.3, 0.4) is 0 Å². The van der Waals surface area contributed by atoms with E-state index in [0.29, 0.717) is 28.4 Å². The Balaban J connectivity index is 1.64. The van der Waals surface area contributed by atoms with Crippen LogP contribution in [0.5, 0.6) is 17.2 Å². The first-order chi connectivity index (χ1) is 27.7. The highest BCUT2D eigenvalue weighted by Crippen LogP contribution is 2.42. The summed E-state index contributed by atoms with van der Waals surface area (Å²) >= 11 is 0. The van der Waals surface area contributed by atoms with E-state index < -0.39 is 35.6 Å². The fourth-order valence-electron chi connectivity index (χ4n) is 6.01. The van der Waals surface area contributed by atoms with Gasteiger partial charge in [0.15, 0.2) is 0 Å². The first-order valence-corrected chi connectivity index (χ1v) is 20.8. The molecule has 0 aliphatic heterocycles. The number of nitrogen functional groups attached to an aromatic ring is 1. The number of pyridine rings is 1. The first-order valence-electron chi connectivity index (χ1n) is 17.8. The lowest BCUT2D eigenvalue weighted by atomic mass is 9.99. The lowest BCUT2D eigenvalue weighted by Gasteiger charge is -2.28. The Morgan fingerprint density at radius 1 is 0.741 bits per heavy atom. The normalized spacial score (nSPS) is 12.1. The molecule has 2 aromatic heterocycles. The molecule has 6 rings (SSSR count). The number of methoxy groups -OCH3 is 3. The van der Waals surface area contributed by atoms with Gasteiger partial charge in [0.1, 0.15) is 32.8 Å². The summed E-state index contributed by atoms with van der Waals surface area (Å²) in [7, 11) is -5.12. The molecule has 0 bridgehead atoms. The highest BCUT2D eigenvalue weighted by atomic mass is 32.2. The summed E-state index contributed by atoms with van der Waals surface area (Å²) in [6.07, 6.45) is 2.88. The predicted octanol–water partition coefficient (Wildman–Crippen LogP) is 3.71. The second-order valence-electron chi connectivity index (χ2n) is 13.2. The van der Waals surface area contributed by atoms with Gasteiger partial charge in [0.25, 0.3) is 0 Å². The van der Waals surface area contributed by atoms with Crippen LogP contribution in [0.15, 0.2) is 113 Å². The van der Waals surface area contributed by atoms with Gasteiger partial charge in [-0.05, 0) is 82.4 Å². The molecule has 58 heavy (non-hydrogen) atoms. The van der Waals surface area contributed by atoms with Gasteiger partial charge in [-0.15, -0.1) is 10.2 Å². The van der Waals surface area contributed by atoms with Crippen LogP contribution in [0.1, 0.15) is 30.0 Å². The molecule has 6 aromatic rings. The number of rotatable bonds is 17. The number of anilines is 1. The Hall–Kier alpha value is -5.96. The van der Waals surface area contributed by atoms with E-state index in [1.165, 1.54) is 43.5 Å². The Bertz CT molecular complexity index is 2540. The summed E-state index contributed by atoms with van der Waals surface area (Å²) in [5, 5.41) is 13.2. The third-order valence-corrected chi connectivity index (χ3v) is 12.8. The largest absolute Gasteiger partial charge is 0.497 e. The second-order valence-corrected chi connectivity index (χ2v) is 16.8. The number of nitrogens with two attached hydrogens (primary N) is 3. The topological polar surface area (TPSA) is 246 Å². The predicted molar refractivity (Wildman–Crippen MR) is 217 cm³/mol. The standard InChI is InChI=1S/C39H44N10O7S2/c1-5-39(41,42)46-57(50,51)35-19-18-32(33-22-43-21-20-34(33)40)36(38-44-47-49(45-38)25-28-10-16-31(56-4)17-11-28)37(35)58(52,53)48(23-26-6-12-29(54-2)13-7-26)24-27-8-14-30(55-3)15-9-27/h6-22,46H,5,23-25,41-42H2,1-4H3,(H2,40,43). The molecule has 0 saturated carbocycles. The van der Waals surface area contributed by atoms with Crippen LogP contribution in [0, 0.1) is 0 Å². The van der Waals surface area contributed by atoms with Gasteiger partial charge < -0.3 is 31.4 Å². The van der Waals surface area contributed by atoms with Crippen LogP contribution in [0.2, 0.25) is 0 Å². The molecule has 0 unspecified atom stereocenters. The Morgan fingerprint density at radius 3 is 1.78 bits per heavy atom. The summed E-state index contributed by atoms with van der Waals surface area (Å²) in [6.45, 7) is 1.31. The van der Waals surface area contributed by atoms with Crippen LogP contribution in [-0.2, 0) is 39.7 Å². The van der Waals surface area contributed by atoms with E-state index in [0.717, 1.165) is 15.9 Å². The number of hydrogen-bond acceptors (Lipinski definition) is 14. The van der Waals surface area contributed by atoms with Crippen molar-refractivity contribution in [3.8, 4) is 39.8 Å². The average Bonchev–Trinajstić information content (AvgIpc) is 3.68. The highest BCUT2D eigenvalue weighted by molar-refractivity contribution is 7.92.